The van der Waals surface area contributed by atoms with Gasteiger partial charge < -0.3 is 0 Å². The molecule has 0 amide bonds. The van der Waals surface area contributed by atoms with E-state index >= 15 is 0 Å². The fourth-order valence-electron chi connectivity index (χ4n) is 4.70. The molecule has 0 saturated carbocycles. The van der Waals surface area contributed by atoms with E-state index in [1.807, 2.05) is 0 Å². The Labute approximate surface area is 186 Å². The van der Waals surface area contributed by atoms with E-state index < -0.39 is 0 Å². The summed E-state index contributed by atoms with van der Waals surface area (Å²) < 4.78 is 0. The molecule has 30 heavy (non-hydrogen) atoms. The molecular weight excluding hydrogens is 379 g/mol. The molecule has 3 rings (SSSR count). The van der Waals surface area contributed by atoms with Gasteiger partial charge in [0.1, 0.15) is 0 Å². The molecule has 0 aliphatic rings. The van der Waals surface area contributed by atoms with Crippen LogP contribution in [0, 0.1) is 0 Å². The minimum absolute atomic E-state index is 0.0808. The van der Waals surface area contributed by atoms with Gasteiger partial charge in [-0.3, -0.25) is 0 Å². The van der Waals surface area contributed by atoms with Crippen LogP contribution in [0.25, 0.3) is 0 Å². The number of hydrogen-bond donors (Lipinski definition) is 0. The lowest BCUT2D eigenvalue weighted by Crippen LogP contribution is -2.29. The first-order valence-electron chi connectivity index (χ1n) is 11.7. The van der Waals surface area contributed by atoms with Gasteiger partial charge in [0.05, 0.1) is 0 Å². The first-order chi connectivity index (χ1) is 14.9. The van der Waals surface area contributed by atoms with Crippen molar-refractivity contribution in [3.05, 3.63) is 108 Å². The minimum atomic E-state index is -0.0808. The second-order valence-corrected chi connectivity index (χ2v) is 8.95. The molecule has 158 valence electrons. The lowest BCUT2D eigenvalue weighted by Gasteiger charge is -2.36. The van der Waals surface area contributed by atoms with Crippen molar-refractivity contribution >= 4 is 9.24 Å². The highest BCUT2D eigenvalue weighted by atomic mass is 31.0. The molecule has 1 heteroatoms. The maximum Gasteiger partial charge on any atom is 0.0451 e. The molecule has 3 aromatic rings. The van der Waals surface area contributed by atoms with Gasteiger partial charge in [0.15, 0.2) is 0 Å². The largest absolute Gasteiger partial charge is 0.138 e. The van der Waals surface area contributed by atoms with Gasteiger partial charge in [-0.15, -0.1) is 9.24 Å². The summed E-state index contributed by atoms with van der Waals surface area (Å²) in [5.74, 6) is 0. The molecule has 0 fully saturated rings. The van der Waals surface area contributed by atoms with Crippen molar-refractivity contribution in [1.29, 1.82) is 0 Å². The van der Waals surface area contributed by atoms with Crippen LogP contribution in [0.15, 0.2) is 91.0 Å². The average molecular weight is 417 g/mol. The summed E-state index contributed by atoms with van der Waals surface area (Å²) in [6.07, 6.45) is 13.3. The topological polar surface area (TPSA) is 0 Å². The monoisotopic (exact) mass is 416 g/mol. The zero-order chi connectivity index (χ0) is 20.9. The van der Waals surface area contributed by atoms with E-state index in [0.29, 0.717) is 0 Å². The molecular formula is C29H37P. The highest BCUT2D eigenvalue weighted by molar-refractivity contribution is 7.16. The van der Waals surface area contributed by atoms with Crippen LogP contribution in [0.4, 0.5) is 0 Å². The van der Waals surface area contributed by atoms with Gasteiger partial charge in [-0.2, -0.15) is 0 Å². The van der Waals surface area contributed by atoms with Crippen molar-refractivity contribution in [3.63, 3.8) is 0 Å². The third-order valence-electron chi connectivity index (χ3n) is 6.31. The molecule has 0 bridgehead atoms. The summed E-state index contributed by atoms with van der Waals surface area (Å²) in [6.45, 7) is 0. The molecule has 0 nitrogen and oxygen atoms in total. The summed E-state index contributed by atoms with van der Waals surface area (Å²) in [5.41, 5.74) is 4.13. The van der Waals surface area contributed by atoms with Crippen molar-refractivity contribution in [3.8, 4) is 0 Å². The second-order valence-electron chi connectivity index (χ2n) is 8.37. The van der Waals surface area contributed by atoms with Crippen molar-refractivity contribution in [2.24, 2.45) is 0 Å². The van der Waals surface area contributed by atoms with Gasteiger partial charge in [-0.1, -0.05) is 136 Å². The minimum Gasteiger partial charge on any atom is -0.138 e. The molecule has 1 unspecified atom stereocenters. The third-order valence-corrected chi connectivity index (χ3v) is 6.71. The Morgan fingerprint density at radius 1 is 0.433 bits per heavy atom. The Hall–Kier alpha value is -1.91. The van der Waals surface area contributed by atoms with Crippen LogP contribution in [0.3, 0.4) is 0 Å². The Morgan fingerprint density at radius 3 is 1.13 bits per heavy atom. The standard InChI is InChI=1S/C29H37P/c30-25-17-6-4-2-1-3-5-16-24-29(26-18-10-7-11-19-26,27-20-12-8-13-21-27)28-22-14-9-15-23-28/h7-15,18-23H,1-6,16-17,24-25,30H2. The SMILES string of the molecule is PCCCCCCCCCCC(c1ccccc1)(c1ccccc1)c1ccccc1. The summed E-state index contributed by atoms with van der Waals surface area (Å²) >= 11 is 0. The van der Waals surface area contributed by atoms with Crippen molar-refractivity contribution < 1.29 is 0 Å². The first-order valence-corrected chi connectivity index (χ1v) is 12.6. The zero-order valence-electron chi connectivity index (χ0n) is 18.3. The maximum absolute atomic E-state index is 2.84. The first kappa shape index (κ1) is 22.8. The fraction of sp³-hybridized carbons (Fsp3) is 0.379. The van der Waals surface area contributed by atoms with Crippen LogP contribution in [0.2, 0.25) is 0 Å². The van der Waals surface area contributed by atoms with Crippen LogP contribution in [-0.4, -0.2) is 6.16 Å². The molecule has 0 aromatic heterocycles. The van der Waals surface area contributed by atoms with E-state index in [9.17, 15) is 0 Å². The van der Waals surface area contributed by atoms with Crippen LogP contribution < -0.4 is 0 Å². The van der Waals surface area contributed by atoms with Crippen LogP contribution in [0.1, 0.15) is 74.5 Å². The lowest BCUT2D eigenvalue weighted by molar-refractivity contribution is 0.495. The Balaban J connectivity index is 1.77. The van der Waals surface area contributed by atoms with Gasteiger partial charge in [0.2, 0.25) is 0 Å². The molecule has 0 radical (unpaired) electrons. The Bertz CT molecular complexity index is 714. The molecule has 1 atom stereocenters. The van der Waals surface area contributed by atoms with E-state index in [1.54, 1.807) is 0 Å². The third kappa shape index (κ3) is 6.05. The van der Waals surface area contributed by atoms with Crippen molar-refractivity contribution in [2.75, 3.05) is 6.16 Å². The average Bonchev–Trinajstić information content (AvgIpc) is 2.82. The normalized spacial score (nSPS) is 11.5. The van der Waals surface area contributed by atoms with Gasteiger partial charge in [-0.25, -0.2) is 0 Å². The maximum atomic E-state index is 2.84. The quantitative estimate of drug-likeness (QED) is 0.149. The van der Waals surface area contributed by atoms with Crippen LogP contribution in [0.5, 0.6) is 0 Å². The highest BCUT2D eigenvalue weighted by Crippen LogP contribution is 2.43. The predicted molar refractivity (Wildman–Crippen MR) is 135 cm³/mol. The van der Waals surface area contributed by atoms with Gasteiger partial charge in [0, 0.05) is 5.41 Å². The summed E-state index contributed by atoms with van der Waals surface area (Å²) in [6, 6.07) is 33.4. The second kappa shape index (κ2) is 12.7. The van der Waals surface area contributed by atoms with Gasteiger partial charge in [0.25, 0.3) is 0 Å². The van der Waals surface area contributed by atoms with Crippen LogP contribution in [-0.2, 0) is 5.41 Å². The zero-order valence-corrected chi connectivity index (χ0v) is 19.5. The van der Waals surface area contributed by atoms with E-state index in [2.05, 4.69) is 100 Å². The molecule has 0 aliphatic carbocycles. The number of unbranched alkanes of at least 4 members (excludes halogenated alkanes) is 7. The summed E-state index contributed by atoms with van der Waals surface area (Å²) in [4.78, 5) is 0. The van der Waals surface area contributed by atoms with Crippen molar-refractivity contribution in [1.82, 2.24) is 0 Å². The Kier molecular flexibility index (Phi) is 9.65. The number of benzene rings is 3. The Morgan fingerprint density at radius 2 is 0.767 bits per heavy atom. The number of rotatable bonds is 13. The molecule has 3 aromatic carbocycles. The van der Waals surface area contributed by atoms with E-state index in [4.69, 9.17) is 0 Å². The van der Waals surface area contributed by atoms with Gasteiger partial charge >= 0.3 is 0 Å². The summed E-state index contributed by atoms with van der Waals surface area (Å²) in [5, 5.41) is 0. The van der Waals surface area contributed by atoms with E-state index in [1.165, 1.54) is 74.2 Å². The highest BCUT2D eigenvalue weighted by Gasteiger charge is 2.35. The molecule has 0 spiro atoms. The smallest absolute Gasteiger partial charge is 0.0451 e. The predicted octanol–water partition coefficient (Wildman–Crippen LogP) is 8.41. The molecule has 0 N–H and O–H groups in total. The van der Waals surface area contributed by atoms with E-state index in [-0.39, 0.29) is 5.41 Å². The lowest BCUT2D eigenvalue weighted by atomic mass is 9.66. The van der Waals surface area contributed by atoms with Crippen molar-refractivity contribution in [2.45, 2.75) is 63.2 Å². The molecule has 0 saturated heterocycles. The molecule has 0 aliphatic heterocycles. The van der Waals surface area contributed by atoms with E-state index in [0.717, 1.165) is 6.42 Å². The summed E-state index contributed by atoms with van der Waals surface area (Å²) in [7, 11) is 2.84. The van der Waals surface area contributed by atoms with Crippen LogP contribution >= 0.6 is 9.24 Å². The molecule has 0 heterocycles. The fourth-order valence-corrected chi connectivity index (χ4v) is 4.98. The number of hydrogen-bond acceptors (Lipinski definition) is 0. The van der Waals surface area contributed by atoms with Gasteiger partial charge in [-0.05, 0) is 35.7 Å².